The highest BCUT2D eigenvalue weighted by Crippen LogP contribution is 2.41. The molecule has 3 atom stereocenters. The van der Waals surface area contributed by atoms with E-state index in [0.29, 0.717) is 23.3 Å². The topological polar surface area (TPSA) is 88.6 Å². The number of rotatable bonds is 4. The van der Waals surface area contributed by atoms with Crippen molar-refractivity contribution in [2.45, 2.75) is 56.8 Å². The number of anilines is 1. The minimum Gasteiger partial charge on any atom is -0.381 e. The van der Waals surface area contributed by atoms with E-state index in [1.54, 1.807) is 7.11 Å². The maximum absolute atomic E-state index is 13.8. The van der Waals surface area contributed by atoms with Gasteiger partial charge in [-0.3, -0.25) is 4.57 Å². The number of ether oxygens (including phenoxy) is 3. The van der Waals surface area contributed by atoms with Crippen molar-refractivity contribution in [3.63, 3.8) is 0 Å². The summed E-state index contributed by atoms with van der Waals surface area (Å²) in [5.74, 6) is -1.16. The van der Waals surface area contributed by atoms with E-state index in [1.165, 1.54) is 4.57 Å². The Bertz CT molecular complexity index is 678. The molecule has 2 heterocycles. The molecule has 1 aliphatic heterocycles. The Morgan fingerprint density at radius 1 is 1.58 bits per heavy atom. The minimum atomic E-state index is -0.977. The van der Waals surface area contributed by atoms with Gasteiger partial charge in [0.15, 0.2) is 11.6 Å². The zero-order valence-electron chi connectivity index (χ0n) is 15.1. The van der Waals surface area contributed by atoms with Crippen LogP contribution in [-0.4, -0.2) is 50.8 Å². The van der Waals surface area contributed by atoms with E-state index in [0.717, 1.165) is 6.20 Å². The quantitative estimate of drug-likeness (QED) is 0.759. The highest BCUT2D eigenvalue weighted by molar-refractivity contribution is 6.12. The molecule has 24 heavy (non-hydrogen) atoms. The van der Waals surface area contributed by atoms with Gasteiger partial charge in [0, 0.05) is 13.5 Å². The first kappa shape index (κ1) is 19.0. The first-order valence-electron chi connectivity index (χ1n) is 7.82. The van der Waals surface area contributed by atoms with Crippen molar-refractivity contribution >= 4 is 16.1 Å². The average molecular weight is 359 g/mol. The lowest BCUT2D eigenvalue weighted by Crippen LogP contribution is -2.43. The second-order valence-electron chi connectivity index (χ2n) is 7.53. The average Bonchev–Trinajstić information content (AvgIpc) is 2.72. The van der Waals surface area contributed by atoms with E-state index in [-0.39, 0.29) is 5.60 Å². The van der Waals surface area contributed by atoms with Crippen LogP contribution in [0.2, 0.25) is 0 Å². The molecule has 1 aromatic heterocycles. The van der Waals surface area contributed by atoms with Gasteiger partial charge in [0.25, 0.3) is 0 Å². The number of halogens is 1. The van der Waals surface area contributed by atoms with Crippen molar-refractivity contribution < 1.29 is 18.6 Å². The molecule has 136 valence electrons. The van der Waals surface area contributed by atoms with Gasteiger partial charge in [-0.25, -0.2) is 9.18 Å². The highest BCUT2D eigenvalue weighted by atomic mass is 28.1. The van der Waals surface area contributed by atoms with E-state index < -0.39 is 34.4 Å². The van der Waals surface area contributed by atoms with Crippen LogP contribution in [0.3, 0.4) is 0 Å². The fraction of sp³-hybridized carbons (Fsp3) is 0.733. The summed E-state index contributed by atoms with van der Waals surface area (Å²) in [6, 6.07) is 0. The molecule has 9 heteroatoms. The monoisotopic (exact) mass is 359 g/mol. The van der Waals surface area contributed by atoms with Crippen molar-refractivity contribution in [3.05, 3.63) is 22.5 Å². The van der Waals surface area contributed by atoms with E-state index in [1.807, 2.05) is 27.7 Å². The van der Waals surface area contributed by atoms with Crippen LogP contribution in [0, 0.1) is 5.82 Å². The van der Waals surface area contributed by atoms with Crippen LogP contribution in [0.15, 0.2) is 11.0 Å². The van der Waals surface area contributed by atoms with Gasteiger partial charge >= 0.3 is 5.69 Å². The summed E-state index contributed by atoms with van der Waals surface area (Å²) in [4.78, 5) is 15.7. The zero-order chi connectivity index (χ0) is 18.3. The van der Waals surface area contributed by atoms with Crippen LogP contribution in [0.4, 0.5) is 10.2 Å². The minimum absolute atomic E-state index is 0.303. The Balaban J connectivity index is 2.35. The van der Waals surface area contributed by atoms with Crippen molar-refractivity contribution in [3.8, 4) is 0 Å². The molecule has 1 aromatic rings. The molecule has 0 unspecified atom stereocenters. The Morgan fingerprint density at radius 3 is 2.75 bits per heavy atom. The predicted molar refractivity (Wildman–Crippen MR) is 91.4 cm³/mol. The molecule has 2 N–H and O–H groups in total. The molecule has 0 aliphatic carbocycles. The molecule has 2 rings (SSSR count). The number of methoxy groups -OCH3 is 1. The van der Waals surface area contributed by atoms with Crippen LogP contribution in [0.1, 0.15) is 34.1 Å². The second-order valence-corrected chi connectivity index (χ2v) is 9.09. The van der Waals surface area contributed by atoms with Gasteiger partial charge < -0.3 is 19.9 Å². The SMILES string of the molecule is CO[C@@]1(C)C[C@]([SiH3])(n2cc(F)c(N)nc2=O)O[C@H]1COC(C)(C)C. The van der Waals surface area contributed by atoms with Crippen LogP contribution in [-0.2, 0) is 19.6 Å². The number of aromatic nitrogens is 2. The Labute approximate surface area is 143 Å². The normalized spacial score (nSPS) is 30.8. The molecule has 1 fully saturated rings. The summed E-state index contributed by atoms with van der Waals surface area (Å²) in [7, 11) is 2.02. The maximum Gasteiger partial charge on any atom is 0.351 e. The standard InChI is InChI=1S/C15H26FN3O4Si/c1-13(2,3)22-7-10-14(4,21-5)8-15(24,23-10)19-6-9(16)11(17)18-12(19)20/h6,10H,7-8H2,1-5,24H3,(H2,17,18,20)/t10-,14-,15-/m0/s1. The van der Waals surface area contributed by atoms with Gasteiger partial charge in [-0.1, -0.05) is 0 Å². The summed E-state index contributed by atoms with van der Waals surface area (Å²) in [6.07, 6.45) is 1.05. The van der Waals surface area contributed by atoms with Crippen LogP contribution < -0.4 is 11.4 Å². The number of nitrogens with two attached hydrogens (primary N) is 1. The summed E-state index contributed by atoms with van der Waals surface area (Å²) < 4.78 is 32.6. The Morgan fingerprint density at radius 2 is 2.21 bits per heavy atom. The molecule has 0 amide bonds. The van der Waals surface area contributed by atoms with Crippen molar-refractivity contribution in [2.75, 3.05) is 19.5 Å². The number of hydrogen-bond donors (Lipinski definition) is 1. The summed E-state index contributed by atoms with van der Waals surface area (Å²) in [6.45, 7) is 8.05. The predicted octanol–water partition coefficient (Wildman–Crippen LogP) is -0.0506. The largest absolute Gasteiger partial charge is 0.381 e. The molecule has 1 aliphatic rings. The summed E-state index contributed by atoms with van der Waals surface area (Å²) in [5.41, 5.74) is 3.73. The molecule has 1 saturated heterocycles. The van der Waals surface area contributed by atoms with Crippen molar-refractivity contribution in [2.24, 2.45) is 0 Å². The van der Waals surface area contributed by atoms with Crippen molar-refractivity contribution in [1.82, 2.24) is 9.55 Å². The fourth-order valence-electron chi connectivity index (χ4n) is 2.90. The zero-order valence-corrected chi connectivity index (χ0v) is 17.1. The van der Waals surface area contributed by atoms with Crippen molar-refractivity contribution in [1.29, 1.82) is 0 Å². The molecule has 0 radical (unpaired) electrons. The second kappa shape index (κ2) is 6.21. The Kier molecular flexibility index (Phi) is 4.93. The van der Waals surface area contributed by atoms with Crippen LogP contribution in [0.25, 0.3) is 0 Å². The fourth-order valence-corrected chi connectivity index (χ4v) is 4.21. The van der Waals surface area contributed by atoms with Gasteiger partial charge in [0.1, 0.15) is 11.5 Å². The maximum atomic E-state index is 13.8. The third-order valence-corrected chi connectivity index (χ3v) is 5.38. The molecular weight excluding hydrogens is 333 g/mol. The lowest BCUT2D eigenvalue weighted by atomic mass is 9.97. The third kappa shape index (κ3) is 3.69. The Hall–Kier alpha value is -1.29. The molecule has 0 saturated carbocycles. The molecule has 0 bridgehead atoms. The first-order valence-corrected chi connectivity index (χ1v) is 8.82. The molecule has 0 aromatic carbocycles. The van der Waals surface area contributed by atoms with E-state index >= 15 is 0 Å². The number of nitrogen functional groups attached to an aromatic ring is 1. The molecule has 7 nitrogen and oxygen atoms in total. The van der Waals surface area contributed by atoms with Gasteiger partial charge in [-0.15, -0.1) is 0 Å². The highest BCUT2D eigenvalue weighted by Gasteiger charge is 2.53. The number of nitrogens with zero attached hydrogens (tertiary/aromatic N) is 2. The molecule has 0 spiro atoms. The van der Waals surface area contributed by atoms with Crippen LogP contribution >= 0.6 is 0 Å². The van der Waals surface area contributed by atoms with E-state index in [9.17, 15) is 9.18 Å². The van der Waals surface area contributed by atoms with E-state index in [2.05, 4.69) is 4.98 Å². The smallest absolute Gasteiger partial charge is 0.351 e. The van der Waals surface area contributed by atoms with E-state index in [4.69, 9.17) is 19.9 Å². The summed E-state index contributed by atoms with van der Waals surface area (Å²) >= 11 is 0. The lowest BCUT2D eigenvalue weighted by Gasteiger charge is -2.30. The van der Waals surface area contributed by atoms with Gasteiger partial charge in [-0.05, 0) is 27.7 Å². The number of hydrogen-bond acceptors (Lipinski definition) is 6. The van der Waals surface area contributed by atoms with Crippen LogP contribution in [0.5, 0.6) is 0 Å². The van der Waals surface area contributed by atoms with Gasteiger partial charge in [0.2, 0.25) is 0 Å². The molecular formula is C15H26FN3O4Si. The third-order valence-electron chi connectivity index (χ3n) is 4.31. The van der Waals surface area contributed by atoms with Gasteiger partial charge in [-0.2, -0.15) is 4.98 Å². The van der Waals surface area contributed by atoms with Gasteiger partial charge in [0.05, 0.1) is 34.2 Å². The summed E-state index contributed by atoms with van der Waals surface area (Å²) in [5, 5.41) is -0.977. The first-order chi connectivity index (χ1) is 10.9. The lowest BCUT2D eigenvalue weighted by molar-refractivity contribution is -0.136.